The third-order valence-electron chi connectivity index (χ3n) is 2.92. The zero-order chi connectivity index (χ0) is 14.9. The molecule has 0 aliphatic heterocycles. The van der Waals surface area contributed by atoms with Crippen molar-refractivity contribution in [2.75, 3.05) is 0 Å². The molecule has 2 aromatic carbocycles. The molecule has 0 aliphatic carbocycles. The minimum Gasteiger partial charge on any atom is -0.294 e. The third-order valence-corrected chi connectivity index (χ3v) is 2.92. The van der Waals surface area contributed by atoms with Gasteiger partial charge in [0.15, 0.2) is 5.78 Å². The van der Waals surface area contributed by atoms with E-state index in [-0.39, 0.29) is 11.1 Å². The number of hydrogen-bond acceptors (Lipinski definition) is 1. The highest BCUT2D eigenvalue weighted by Crippen LogP contribution is 2.20. The van der Waals surface area contributed by atoms with Crippen molar-refractivity contribution < 1.29 is 22.4 Å². The first-order chi connectivity index (χ1) is 9.40. The molecule has 0 atom stereocenters. The summed E-state index contributed by atoms with van der Waals surface area (Å²) < 4.78 is 53.7. The zero-order valence-electron chi connectivity index (χ0n) is 10.5. The molecule has 0 bridgehead atoms. The highest BCUT2D eigenvalue weighted by molar-refractivity contribution is 5.98. The Hall–Kier alpha value is -2.17. The summed E-state index contributed by atoms with van der Waals surface area (Å²) in [4.78, 5) is 11.9. The lowest BCUT2D eigenvalue weighted by Gasteiger charge is -2.07. The predicted octanol–water partition coefficient (Wildman–Crippen LogP) is 3.98. The number of Topliss-reactive ketones (excluding diaryl/α,β-unsaturated/α-hetero) is 1. The van der Waals surface area contributed by atoms with E-state index >= 15 is 0 Å². The molecule has 2 rings (SSSR count). The first kappa shape index (κ1) is 14.2. The van der Waals surface area contributed by atoms with E-state index in [0.29, 0.717) is 0 Å². The van der Waals surface area contributed by atoms with Crippen molar-refractivity contribution in [2.24, 2.45) is 0 Å². The summed E-state index contributed by atoms with van der Waals surface area (Å²) in [5.74, 6) is -4.46. The van der Waals surface area contributed by atoms with Crippen molar-refractivity contribution in [3.8, 4) is 0 Å². The lowest BCUT2D eigenvalue weighted by atomic mass is 10.00. The fraction of sp³-hybridized carbons (Fsp3) is 0.133. The number of hydrogen-bond donors (Lipinski definition) is 0. The van der Waals surface area contributed by atoms with Gasteiger partial charge < -0.3 is 0 Å². The molecule has 0 saturated heterocycles. The summed E-state index contributed by atoms with van der Waals surface area (Å²) >= 11 is 0. The SMILES string of the molecule is Cc1ccc(F)c(C(=O)Cc2cc(F)ccc2F)c1F. The Morgan fingerprint density at radius 1 is 1.00 bits per heavy atom. The standard InChI is InChI=1S/C15H10F4O/c1-8-2-4-12(18)14(15(8)19)13(20)7-9-6-10(16)3-5-11(9)17/h2-6H,7H2,1H3. The van der Waals surface area contributed by atoms with E-state index in [0.717, 1.165) is 24.3 Å². The van der Waals surface area contributed by atoms with Gasteiger partial charge in [-0.25, -0.2) is 17.6 Å². The van der Waals surface area contributed by atoms with Crippen LogP contribution in [0.25, 0.3) is 0 Å². The van der Waals surface area contributed by atoms with Crippen molar-refractivity contribution in [3.05, 3.63) is 70.3 Å². The van der Waals surface area contributed by atoms with Crippen LogP contribution < -0.4 is 0 Å². The molecule has 2 aromatic rings. The van der Waals surface area contributed by atoms with Crippen LogP contribution in [0.1, 0.15) is 21.5 Å². The summed E-state index contributed by atoms with van der Waals surface area (Å²) in [5.41, 5.74) is -0.863. The van der Waals surface area contributed by atoms with Gasteiger partial charge in [-0.15, -0.1) is 0 Å². The number of ketones is 1. The van der Waals surface area contributed by atoms with Gasteiger partial charge in [0.1, 0.15) is 23.3 Å². The van der Waals surface area contributed by atoms with E-state index in [1.807, 2.05) is 0 Å². The summed E-state index contributed by atoms with van der Waals surface area (Å²) in [5, 5.41) is 0. The largest absolute Gasteiger partial charge is 0.294 e. The van der Waals surface area contributed by atoms with Gasteiger partial charge in [0.25, 0.3) is 0 Å². The number of carbonyl (C=O) groups is 1. The van der Waals surface area contributed by atoms with E-state index in [9.17, 15) is 22.4 Å². The first-order valence-corrected chi connectivity index (χ1v) is 5.82. The number of aryl methyl sites for hydroxylation is 1. The maximum absolute atomic E-state index is 13.8. The van der Waals surface area contributed by atoms with Crippen LogP contribution in [0.5, 0.6) is 0 Å². The van der Waals surface area contributed by atoms with Crippen molar-refractivity contribution in [1.29, 1.82) is 0 Å². The molecule has 0 spiro atoms. The monoisotopic (exact) mass is 282 g/mol. The molecule has 0 aromatic heterocycles. The van der Waals surface area contributed by atoms with E-state index in [2.05, 4.69) is 0 Å². The molecule has 5 heteroatoms. The van der Waals surface area contributed by atoms with E-state index in [4.69, 9.17) is 0 Å². The quantitative estimate of drug-likeness (QED) is 0.615. The predicted molar refractivity (Wildman–Crippen MR) is 65.5 cm³/mol. The van der Waals surface area contributed by atoms with E-state index in [1.54, 1.807) is 0 Å². The first-order valence-electron chi connectivity index (χ1n) is 5.82. The molecule has 104 valence electrons. The van der Waals surface area contributed by atoms with Crippen LogP contribution in [0.3, 0.4) is 0 Å². The van der Waals surface area contributed by atoms with Gasteiger partial charge in [-0.05, 0) is 42.3 Å². The number of carbonyl (C=O) groups excluding carboxylic acids is 1. The fourth-order valence-corrected chi connectivity index (χ4v) is 1.85. The molecule has 0 fully saturated rings. The van der Waals surface area contributed by atoms with Crippen LogP contribution in [0, 0.1) is 30.2 Å². The molecule has 0 N–H and O–H groups in total. The highest BCUT2D eigenvalue weighted by Gasteiger charge is 2.20. The van der Waals surface area contributed by atoms with Gasteiger partial charge in [0.05, 0.1) is 5.56 Å². The minimum absolute atomic E-state index is 0.106. The molecule has 0 aliphatic rings. The molecule has 0 saturated carbocycles. The summed E-state index contributed by atoms with van der Waals surface area (Å²) in [7, 11) is 0. The van der Waals surface area contributed by atoms with Crippen molar-refractivity contribution in [1.82, 2.24) is 0 Å². The molecular weight excluding hydrogens is 272 g/mol. The maximum Gasteiger partial charge on any atom is 0.173 e. The van der Waals surface area contributed by atoms with Crippen molar-refractivity contribution in [3.63, 3.8) is 0 Å². The van der Waals surface area contributed by atoms with Crippen molar-refractivity contribution in [2.45, 2.75) is 13.3 Å². The zero-order valence-corrected chi connectivity index (χ0v) is 10.5. The lowest BCUT2D eigenvalue weighted by molar-refractivity contribution is 0.0983. The average molecular weight is 282 g/mol. The third kappa shape index (κ3) is 2.71. The Labute approximate surface area is 112 Å². The van der Waals surface area contributed by atoms with Gasteiger partial charge in [0, 0.05) is 6.42 Å². The van der Waals surface area contributed by atoms with Gasteiger partial charge in [-0.2, -0.15) is 0 Å². The topological polar surface area (TPSA) is 17.1 Å². The Balaban J connectivity index is 2.38. The molecule has 0 amide bonds. The molecule has 0 radical (unpaired) electrons. The highest BCUT2D eigenvalue weighted by atomic mass is 19.1. The van der Waals surface area contributed by atoms with Gasteiger partial charge in [-0.1, -0.05) is 6.07 Å². The number of benzene rings is 2. The number of rotatable bonds is 3. The van der Waals surface area contributed by atoms with Crippen LogP contribution in [0.15, 0.2) is 30.3 Å². The second-order valence-electron chi connectivity index (χ2n) is 4.39. The van der Waals surface area contributed by atoms with Gasteiger partial charge >= 0.3 is 0 Å². The van der Waals surface area contributed by atoms with Crippen LogP contribution in [0.4, 0.5) is 17.6 Å². The maximum atomic E-state index is 13.8. The Bertz CT molecular complexity index is 680. The second kappa shape index (κ2) is 5.45. The van der Waals surface area contributed by atoms with Crippen LogP contribution in [-0.2, 0) is 6.42 Å². The second-order valence-corrected chi connectivity index (χ2v) is 4.39. The molecule has 1 nitrogen and oxygen atoms in total. The Kier molecular flexibility index (Phi) is 3.88. The van der Waals surface area contributed by atoms with E-state index < -0.39 is 41.0 Å². The molecule has 0 unspecified atom stereocenters. The number of halogens is 4. The van der Waals surface area contributed by atoms with Crippen LogP contribution in [0.2, 0.25) is 0 Å². The summed E-state index contributed by atoms with van der Waals surface area (Å²) in [6.45, 7) is 1.38. The Morgan fingerprint density at radius 2 is 1.65 bits per heavy atom. The van der Waals surface area contributed by atoms with Crippen LogP contribution >= 0.6 is 0 Å². The van der Waals surface area contributed by atoms with Crippen molar-refractivity contribution >= 4 is 5.78 Å². The fourth-order valence-electron chi connectivity index (χ4n) is 1.85. The minimum atomic E-state index is -1.02. The molecule has 20 heavy (non-hydrogen) atoms. The lowest BCUT2D eigenvalue weighted by Crippen LogP contribution is -2.11. The van der Waals surface area contributed by atoms with Gasteiger partial charge in [-0.3, -0.25) is 4.79 Å². The summed E-state index contributed by atoms with van der Waals surface area (Å²) in [6.07, 6.45) is -0.610. The summed E-state index contributed by atoms with van der Waals surface area (Å²) in [6, 6.07) is 4.76. The normalized spacial score (nSPS) is 10.7. The molecular formula is C15H10F4O. The van der Waals surface area contributed by atoms with Gasteiger partial charge in [0.2, 0.25) is 0 Å². The Morgan fingerprint density at radius 3 is 2.35 bits per heavy atom. The average Bonchev–Trinajstić information content (AvgIpc) is 2.39. The smallest absolute Gasteiger partial charge is 0.173 e. The molecule has 0 heterocycles. The van der Waals surface area contributed by atoms with Crippen LogP contribution in [-0.4, -0.2) is 5.78 Å². The van der Waals surface area contributed by atoms with E-state index in [1.165, 1.54) is 13.0 Å².